The molecule has 0 aliphatic carbocycles. The minimum atomic E-state index is -0.789. The van der Waals surface area contributed by atoms with Crippen molar-refractivity contribution >= 4 is 17.9 Å². The molecule has 0 aromatic rings. The van der Waals surface area contributed by atoms with E-state index < -0.39 is 6.10 Å². The molecule has 0 saturated heterocycles. The van der Waals surface area contributed by atoms with Crippen molar-refractivity contribution in [2.24, 2.45) is 0 Å². The van der Waals surface area contributed by atoms with Gasteiger partial charge in [-0.05, 0) is 103 Å². The summed E-state index contributed by atoms with van der Waals surface area (Å²) < 4.78 is 16.9. The summed E-state index contributed by atoms with van der Waals surface area (Å²) in [5.41, 5.74) is 0. The molecule has 0 heterocycles. The Labute approximate surface area is 489 Å². The molecule has 0 rings (SSSR count). The number of carbonyl (C=O) groups excluding carboxylic acids is 3. The molecule has 0 spiro atoms. The van der Waals surface area contributed by atoms with Crippen LogP contribution in [0.1, 0.15) is 316 Å². The van der Waals surface area contributed by atoms with Crippen LogP contribution in [0.15, 0.2) is 109 Å². The summed E-state index contributed by atoms with van der Waals surface area (Å²) in [5, 5.41) is 0. The number of unbranched alkanes of at least 4 members (excludes halogenated alkanes) is 31. The Hall–Kier alpha value is -3.93. The van der Waals surface area contributed by atoms with Gasteiger partial charge in [-0.2, -0.15) is 0 Å². The van der Waals surface area contributed by atoms with E-state index in [0.29, 0.717) is 19.3 Å². The van der Waals surface area contributed by atoms with Gasteiger partial charge in [0, 0.05) is 19.3 Å². The zero-order valence-electron chi connectivity index (χ0n) is 51.9. The van der Waals surface area contributed by atoms with Crippen LogP contribution in [-0.4, -0.2) is 37.2 Å². The van der Waals surface area contributed by atoms with E-state index in [1.807, 2.05) is 0 Å². The van der Waals surface area contributed by atoms with Crippen molar-refractivity contribution in [2.75, 3.05) is 13.2 Å². The molecule has 0 aromatic carbocycles. The molecular formula is C73H124O6. The minimum absolute atomic E-state index is 0.0869. The van der Waals surface area contributed by atoms with Gasteiger partial charge in [0.25, 0.3) is 0 Å². The van der Waals surface area contributed by atoms with E-state index in [0.717, 1.165) is 141 Å². The lowest BCUT2D eigenvalue weighted by molar-refractivity contribution is -0.167. The van der Waals surface area contributed by atoms with Crippen molar-refractivity contribution in [3.63, 3.8) is 0 Å². The van der Waals surface area contributed by atoms with Crippen LogP contribution in [0.2, 0.25) is 0 Å². The van der Waals surface area contributed by atoms with Crippen LogP contribution < -0.4 is 0 Å². The first-order valence-corrected chi connectivity index (χ1v) is 33.4. The maximum atomic E-state index is 12.9. The number of ether oxygens (including phenoxy) is 3. The Morgan fingerprint density at radius 1 is 0.266 bits per heavy atom. The zero-order valence-corrected chi connectivity index (χ0v) is 51.9. The van der Waals surface area contributed by atoms with Crippen LogP contribution in [0.4, 0.5) is 0 Å². The highest BCUT2D eigenvalue weighted by Crippen LogP contribution is 2.17. The van der Waals surface area contributed by atoms with E-state index in [4.69, 9.17) is 14.2 Å². The number of hydrogen-bond acceptors (Lipinski definition) is 6. The second-order valence-corrected chi connectivity index (χ2v) is 22.0. The van der Waals surface area contributed by atoms with Gasteiger partial charge in [0.1, 0.15) is 13.2 Å². The van der Waals surface area contributed by atoms with Gasteiger partial charge in [0.05, 0.1) is 0 Å². The van der Waals surface area contributed by atoms with E-state index in [9.17, 15) is 14.4 Å². The smallest absolute Gasteiger partial charge is 0.306 e. The molecule has 1 atom stereocenters. The highest BCUT2D eigenvalue weighted by molar-refractivity contribution is 5.71. The van der Waals surface area contributed by atoms with Crippen LogP contribution in [0.3, 0.4) is 0 Å². The molecule has 0 fully saturated rings. The molecule has 0 aliphatic rings. The maximum Gasteiger partial charge on any atom is 0.306 e. The van der Waals surface area contributed by atoms with Crippen molar-refractivity contribution in [3.8, 4) is 0 Å². The van der Waals surface area contributed by atoms with Crippen LogP contribution in [-0.2, 0) is 28.6 Å². The Bertz CT molecular complexity index is 1590. The van der Waals surface area contributed by atoms with Crippen molar-refractivity contribution in [1.82, 2.24) is 0 Å². The Morgan fingerprint density at radius 2 is 0.519 bits per heavy atom. The molecule has 6 nitrogen and oxygen atoms in total. The van der Waals surface area contributed by atoms with Gasteiger partial charge >= 0.3 is 17.9 Å². The van der Waals surface area contributed by atoms with E-state index >= 15 is 0 Å². The van der Waals surface area contributed by atoms with E-state index in [1.54, 1.807) is 0 Å². The quantitative estimate of drug-likeness (QED) is 0.0261. The Balaban J connectivity index is 4.32. The normalized spacial score (nSPS) is 12.8. The molecule has 0 saturated carbocycles. The zero-order chi connectivity index (χ0) is 57.1. The third-order valence-electron chi connectivity index (χ3n) is 14.2. The lowest BCUT2D eigenvalue weighted by atomic mass is 10.0. The summed E-state index contributed by atoms with van der Waals surface area (Å²) in [6, 6.07) is 0. The molecule has 1 unspecified atom stereocenters. The number of allylic oxidation sites excluding steroid dienone is 18. The van der Waals surface area contributed by atoms with Gasteiger partial charge in [-0.3, -0.25) is 14.4 Å². The fourth-order valence-electron chi connectivity index (χ4n) is 9.29. The van der Waals surface area contributed by atoms with Crippen LogP contribution in [0, 0.1) is 0 Å². The molecule has 79 heavy (non-hydrogen) atoms. The number of hydrogen-bond donors (Lipinski definition) is 0. The van der Waals surface area contributed by atoms with Crippen LogP contribution >= 0.6 is 0 Å². The summed E-state index contributed by atoms with van der Waals surface area (Å²) in [6.45, 7) is 6.47. The van der Waals surface area contributed by atoms with Crippen molar-refractivity contribution < 1.29 is 28.6 Å². The molecule has 0 aromatic heterocycles. The molecule has 0 aliphatic heterocycles. The Morgan fingerprint density at radius 3 is 0.823 bits per heavy atom. The molecule has 0 amide bonds. The SMILES string of the molecule is CC/C=C\C/C=C\C/C=C\C/C=C\C/C=C\C/C=C\C/C=C\CCCCCCCCCC(=O)OCC(COC(=O)CCCCCCC/C=C\C/C=C\CCC)OC(=O)CCCCCCCCCCCCCCCCCCCCC. The third kappa shape index (κ3) is 64.8. The van der Waals surface area contributed by atoms with E-state index in [-0.39, 0.29) is 31.1 Å². The monoisotopic (exact) mass is 1100 g/mol. The fraction of sp³-hybridized carbons (Fsp3) is 0.712. The maximum absolute atomic E-state index is 12.9. The minimum Gasteiger partial charge on any atom is -0.462 e. The average molecular weight is 1100 g/mol. The van der Waals surface area contributed by atoms with Gasteiger partial charge in [-0.15, -0.1) is 0 Å². The van der Waals surface area contributed by atoms with Crippen molar-refractivity contribution in [3.05, 3.63) is 109 Å². The first-order chi connectivity index (χ1) is 39.0. The molecular weight excluding hydrogens is 973 g/mol. The second-order valence-electron chi connectivity index (χ2n) is 22.0. The number of carbonyl (C=O) groups is 3. The first kappa shape index (κ1) is 75.1. The molecule has 6 heteroatoms. The molecule has 0 bridgehead atoms. The summed E-state index contributed by atoms with van der Waals surface area (Å²) >= 11 is 0. The summed E-state index contributed by atoms with van der Waals surface area (Å²) in [4.78, 5) is 38.3. The molecule has 0 radical (unpaired) electrons. The van der Waals surface area contributed by atoms with Gasteiger partial charge in [-0.1, -0.05) is 304 Å². The summed E-state index contributed by atoms with van der Waals surface area (Å²) in [5.74, 6) is -0.899. The van der Waals surface area contributed by atoms with Crippen molar-refractivity contribution in [2.45, 2.75) is 322 Å². The van der Waals surface area contributed by atoms with Crippen molar-refractivity contribution in [1.29, 1.82) is 0 Å². The second kappa shape index (κ2) is 66.6. The predicted octanol–water partition coefficient (Wildman–Crippen LogP) is 23.0. The predicted molar refractivity (Wildman–Crippen MR) is 343 cm³/mol. The summed E-state index contributed by atoms with van der Waals surface area (Å²) in [6.07, 6.45) is 91.0. The topological polar surface area (TPSA) is 78.9 Å². The molecule has 452 valence electrons. The lowest BCUT2D eigenvalue weighted by Gasteiger charge is -2.18. The summed E-state index contributed by atoms with van der Waals surface area (Å²) in [7, 11) is 0. The van der Waals surface area contributed by atoms with E-state index in [2.05, 4.69) is 130 Å². The third-order valence-corrected chi connectivity index (χ3v) is 14.2. The fourth-order valence-corrected chi connectivity index (χ4v) is 9.29. The Kier molecular flexibility index (Phi) is 63.3. The lowest BCUT2D eigenvalue weighted by Crippen LogP contribution is -2.30. The van der Waals surface area contributed by atoms with Crippen LogP contribution in [0.5, 0.6) is 0 Å². The highest BCUT2D eigenvalue weighted by atomic mass is 16.6. The average Bonchev–Trinajstić information content (AvgIpc) is 3.45. The molecule has 0 N–H and O–H groups in total. The standard InChI is InChI=1S/C73H124O6/c1-4-7-10-13-16-19-22-25-27-29-31-32-33-34-35-36-37-38-39-40-42-43-45-48-51-54-57-60-63-66-72(75)78-69-70(68-77-71(74)65-62-59-56-53-50-47-24-21-18-15-12-9-6-3)79-73(76)67-64-61-58-55-52-49-46-44-41-30-28-26-23-20-17-14-11-8-5-2/h7,10,12,15-16,19,21,24-25,27,31-32,34-35,37-38,40,42,70H,4-6,8-9,11,13-14,17-18,20,22-23,26,28-30,33,36,39,41,43-69H2,1-3H3/b10-7-,15-12-,19-16-,24-21-,27-25-,32-31-,35-34-,38-37-,42-40-. The number of esters is 3. The highest BCUT2D eigenvalue weighted by Gasteiger charge is 2.19. The largest absolute Gasteiger partial charge is 0.462 e. The van der Waals surface area contributed by atoms with Gasteiger partial charge in [0.2, 0.25) is 0 Å². The van der Waals surface area contributed by atoms with Gasteiger partial charge in [-0.25, -0.2) is 0 Å². The number of rotatable bonds is 60. The first-order valence-electron chi connectivity index (χ1n) is 33.4. The van der Waals surface area contributed by atoms with Crippen LogP contribution in [0.25, 0.3) is 0 Å². The van der Waals surface area contributed by atoms with E-state index in [1.165, 1.54) is 135 Å². The van der Waals surface area contributed by atoms with Gasteiger partial charge < -0.3 is 14.2 Å². The van der Waals surface area contributed by atoms with Gasteiger partial charge in [0.15, 0.2) is 6.10 Å².